The van der Waals surface area contributed by atoms with Gasteiger partial charge in [-0.25, -0.2) is 18.1 Å². The van der Waals surface area contributed by atoms with Crippen LogP contribution in [0, 0.1) is 0 Å². The fourth-order valence-corrected chi connectivity index (χ4v) is 3.89. The van der Waals surface area contributed by atoms with E-state index in [1.165, 1.54) is 10.9 Å². The third-order valence-corrected chi connectivity index (χ3v) is 5.25. The van der Waals surface area contributed by atoms with Crippen LogP contribution in [-0.2, 0) is 21.8 Å². The summed E-state index contributed by atoms with van der Waals surface area (Å²) in [5.74, 6) is 0. The van der Waals surface area contributed by atoms with Crippen molar-refractivity contribution in [1.29, 1.82) is 0 Å². The molecule has 1 saturated heterocycles. The van der Waals surface area contributed by atoms with Gasteiger partial charge in [0, 0.05) is 33.2 Å². The zero-order valence-corrected chi connectivity index (χ0v) is 14.0. The van der Waals surface area contributed by atoms with Crippen LogP contribution in [0.4, 0.5) is 0 Å². The summed E-state index contributed by atoms with van der Waals surface area (Å²) in [6.07, 6.45) is 1.70. The van der Waals surface area contributed by atoms with Crippen LogP contribution in [0.2, 0.25) is 5.15 Å². The number of halogens is 1. The Morgan fingerprint density at radius 1 is 1.43 bits per heavy atom. The molecule has 2 unspecified atom stereocenters. The number of aromatic nitrogens is 2. The summed E-state index contributed by atoms with van der Waals surface area (Å²) in [4.78, 5) is 6.01. The number of morpholine rings is 1. The van der Waals surface area contributed by atoms with Crippen molar-refractivity contribution in [2.45, 2.75) is 31.1 Å². The second-order valence-corrected chi connectivity index (χ2v) is 7.41. The Bertz CT molecular complexity index is 579. The molecule has 0 amide bonds. The van der Waals surface area contributed by atoms with Gasteiger partial charge in [-0.1, -0.05) is 11.6 Å². The van der Waals surface area contributed by atoms with Gasteiger partial charge in [-0.2, -0.15) is 0 Å². The first kappa shape index (κ1) is 16.7. The van der Waals surface area contributed by atoms with Crippen LogP contribution in [-0.4, -0.2) is 61.3 Å². The SMILES string of the molecule is CC1CN(CCNS(=O)(=O)c2ncn(C)c2Cl)CC(C)O1. The van der Waals surface area contributed by atoms with Crippen molar-refractivity contribution in [2.24, 2.45) is 7.05 Å². The van der Waals surface area contributed by atoms with Crippen LogP contribution in [0.15, 0.2) is 11.4 Å². The van der Waals surface area contributed by atoms with Gasteiger partial charge in [-0.15, -0.1) is 0 Å². The molecule has 120 valence electrons. The van der Waals surface area contributed by atoms with Gasteiger partial charge in [0.15, 0.2) is 0 Å². The number of nitrogens with zero attached hydrogens (tertiary/aromatic N) is 3. The molecule has 0 bridgehead atoms. The largest absolute Gasteiger partial charge is 0.373 e. The van der Waals surface area contributed by atoms with E-state index in [1.54, 1.807) is 7.05 Å². The predicted molar refractivity (Wildman–Crippen MR) is 79.9 cm³/mol. The molecule has 0 aliphatic carbocycles. The molecule has 7 nitrogen and oxygen atoms in total. The van der Waals surface area contributed by atoms with Gasteiger partial charge in [0.2, 0.25) is 5.03 Å². The highest BCUT2D eigenvalue weighted by atomic mass is 35.5. The van der Waals surface area contributed by atoms with E-state index < -0.39 is 10.0 Å². The number of hydrogen-bond acceptors (Lipinski definition) is 5. The molecule has 1 fully saturated rings. The maximum absolute atomic E-state index is 12.1. The van der Waals surface area contributed by atoms with Gasteiger partial charge >= 0.3 is 0 Å². The molecule has 2 heterocycles. The summed E-state index contributed by atoms with van der Waals surface area (Å²) in [6.45, 7) is 6.57. The molecule has 1 N–H and O–H groups in total. The van der Waals surface area contributed by atoms with Gasteiger partial charge in [-0.3, -0.25) is 4.90 Å². The van der Waals surface area contributed by atoms with Crippen LogP contribution >= 0.6 is 11.6 Å². The Morgan fingerprint density at radius 3 is 2.57 bits per heavy atom. The van der Waals surface area contributed by atoms with Gasteiger partial charge < -0.3 is 9.30 Å². The first-order chi connectivity index (χ1) is 9.79. The number of imidazole rings is 1. The molecular formula is C12H21ClN4O3S. The fourth-order valence-electron chi connectivity index (χ4n) is 2.45. The van der Waals surface area contributed by atoms with Crippen molar-refractivity contribution in [3.05, 3.63) is 11.5 Å². The van der Waals surface area contributed by atoms with Crippen LogP contribution in [0.25, 0.3) is 0 Å². The van der Waals surface area contributed by atoms with Crippen molar-refractivity contribution in [1.82, 2.24) is 19.2 Å². The lowest BCUT2D eigenvalue weighted by Gasteiger charge is -2.35. The van der Waals surface area contributed by atoms with E-state index in [4.69, 9.17) is 16.3 Å². The maximum atomic E-state index is 12.1. The number of rotatable bonds is 5. The van der Waals surface area contributed by atoms with Crippen LogP contribution in [0.3, 0.4) is 0 Å². The number of nitrogens with one attached hydrogen (secondary N) is 1. The lowest BCUT2D eigenvalue weighted by molar-refractivity contribution is -0.0671. The minimum Gasteiger partial charge on any atom is -0.373 e. The normalized spacial score (nSPS) is 24.4. The summed E-state index contributed by atoms with van der Waals surface area (Å²) in [7, 11) is -2.03. The van der Waals surface area contributed by atoms with E-state index >= 15 is 0 Å². The highest BCUT2D eigenvalue weighted by molar-refractivity contribution is 7.89. The van der Waals surface area contributed by atoms with Crippen LogP contribution in [0.5, 0.6) is 0 Å². The average Bonchev–Trinajstić information content (AvgIpc) is 2.69. The molecule has 1 aliphatic heterocycles. The number of ether oxygens (including phenoxy) is 1. The van der Waals surface area contributed by atoms with E-state index in [9.17, 15) is 8.42 Å². The molecule has 0 aromatic carbocycles. The maximum Gasteiger partial charge on any atom is 0.261 e. The molecule has 0 spiro atoms. The smallest absolute Gasteiger partial charge is 0.261 e. The molecule has 2 atom stereocenters. The first-order valence-corrected chi connectivity index (χ1v) is 8.70. The zero-order valence-electron chi connectivity index (χ0n) is 12.4. The molecule has 2 rings (SSSR count). The minimum absolute atomic E-state index is 0.108. The van der Waals surface area contributed by atoms with Gasteiger partial charge in [0.1, 0.15) is 5.15 Å². The monoisotopic (exact) mass is 336 g/mol. The first-order valence-electron chi connectivity index (χ1n) is 6.84. The van der Waals surface area contributed by atoms with E-state index in [-0.39, 0.29) is 22.4 Å². The van der Waals surface area contributed by atoms with Crippen LogP contribution in [0.1, 0.15) is 13.8 Å². The van der Waals surface area contributed by atoms with Crippen LogP contribution < -0.4 is 4.72 Å². The van der Waals surface area contributed by atoms with Gasteiger partial charge in [0.25, 0.3) is 10.0 Å². The van der Waals surface area contributed by atoms with Crippen molar-refractivity contribution in [2.75, 3.05) is 26.2 Å². The molecule has 1 aromatic heterocycles. The van der Waals surface area contributed by atoms with Crippen molar-refractivity contribution in [3.63, 3.8) is 0 Å². The number of hydrogen-bond donors (Lipinski definition) is 1. The molecular weight excluding hydrogens is 316 g/mol. The minimum atomic E-state index is -3.67. The van der Waals surface area contributed by atoms with E-state index in [2.05, 4.69) is 14.6 Å². The van der Waals surface area contributed by atoms with E-state index in [1.807, 2.05) is 13.8 Å². The molecule has 0 saturated carbocycles. The number of sulfonamides is 1. The van der Waals surface area contributed by atoms with E-state index in [0.29, 0.717) is 13.1 Å². The Balaban J connectivity index is 1.89. The Hall–Kier alpha value is -0.670. The predicted octanol–water partition coefficient (Wildman–Crippen LogP) is 0.461. The summed E-state index contributed by atoms with van der Waals surface area (Å²) in [5, 5.41) is -0.0218. The lowest BCUT2D eigenvalue weighted by Crippen LogP contribution is -2.47. The highest BCUT2D eigenvalue weighted by Gasteiger charge is 2.24. The highest BCUT2D eigenvalue weighted by Crippen LogP contribution is 2.18. The zero-order chi connectivity index (χ0) is 15.6. The molecule has 1 aliphatic rings. The van der Waals surface area contributed by atoms with Crippen molar-refractivity contribution >= 4 is 21.6 Å². The number of aryl methyl sites for hydroxylation is 1. The molecule has 9 heteroatoms. The second kappa shape index (κ2) is 6.62. The van der Waals surface area contributed by atoms with Crippen molar-refractivity contribution < 1.29 is 13.2 Å². The Kier molecular flexibility index (Phi) is 5.26. The molecule has 0 radical (unpaired) electrons. The Labute approximate surface area is 130 Å². The second-order valence-electron chi connectivity index (χ2n) is 5.37. The summed E-state index contributed by atoms with van der Waals surface area (Å²) >= 11 is 5.91. The average molecular weight is 337 g/mol. The third kappa shape index (κ3) is 4.17. The quantitative estimate of drug-likeness (QED) is 0.845. The summed E-state index contributed by atoms with van der Waals surface area (Å²) < 4.78 is 33.9. The summed E-state index contributed by atoms with van der Waals surface area (Å²) in [5.41, 5.74) is 0. The van der Waals surface area contributed by atoms with Gasteiger partial charge in [0.05, 0.1) is 18.5 Å². The molecule has 21 heavy (non-hydrogen) atoms. The van der Waals surface area contributed by atoms with Crippen molar-refractivity contribution in [3.8, 4) is 0 Å². The molecule has 1 aromatic rings. The topological polar surface area (TPSA) is 76.5 Å². The van der Waals surface area contributed by atoms with Gasteiger partial charge in [-0.05, 0) is 13.8 Å². The Morgan fingerprint density at radius 2 is 2.05 bits per heavy atom. The standard InChI is InChI=1S/C12H21ClN4O3S/c1-9-6-17(7-10(2)20-9)5-4-15-21(18,19)12-11(13)16(3)8-14-12/h8-10,15H,4-7H2,1-3H3. The third-order valence-electron chi connectivity index (χ3n) is 3.30. The fraction of sp³-hybridized carbons (Fsp3) is 0.750. The van der Waals surface area contributed by atoms with E-state index in [0.717, 1.165) is 13.1 Å². The lowest BCUT2D eigenvalue weighted by atomic mass is 10.2. The summed E-state index contributed by atoms with van der Waals surface area (Å²) in [6, 6.07) is 0.